The highest BCUT2D eigenvalue weighted by Crippen LogP contribution is 2.17. The quantitative estimate of drug-likeness (QED) is 0.658. The van der Waals surface area contributed by atoms with E-state index in [9.17, 15) is 9.59 Å². The van der Waals surface area contributed by atoms with Crippen molar-refractivity contribution in [3.63, 3.8) is 0 Å². The van der Waals surface area contributed by atoms with E-state index in [2.05, 4.69) is 10.1 Å². The average molecular weight is 199 g/mol. The van der Waals surface area contributed by atoms with Crippen molar-refractivity contribution in [1.29, 1.82) is 0 Å². The molecule has 0 saturated heterocycles. The summed E-state index contributed by atoms with van der Waals surface area (Å²) in [6.07, 6.45) is 3.15. The van der Waals surface area contributed by atoms with E-state index in [1.165, 1.54) is 0 Å². The van der Waals surface area contributed by atoms with Crippen LogP contribution in [-0.2, 0) is 9.53 Å². The highest BCUT2D eigenvalue weighted by Gasteiger charge is 2.25. The van der Waals surface area contributed by atoms with Gasteiger partial charge in [0.05, 0.1) is 18.6 Å². The number of carbonyl (C=O) groups excluding carboxylic acids is 1. The van der Waals surface area contributed by atoms with E-state index in [0.717, 1.165) is 0 Å². The van der Waals surface area contributed by atoms with Crippen molar-refractivity contribution in [3.8, 4) is 0 Å². The molecule has 78 valence electrons. The second-order valence-corrected chi connectivity index (χ2v) is 3.04. The van der Waals surface area contributed by atoms with Gasteiger partial charge in [-0.25, -0.2) is 4.79 Å². The molecule has 1 rings (SSSR count). The van der Waals surface area contributed by atoms with E-state index in [-0.39, 0.29) is 6.04 Å². The number of hydrogen-bond acceptors (Lipinski definition) is 3. The van der Waals surface area contributed by atoms with Crippen LogP contribution in [0, 0.1) is 5.92 Å². The molecule has 1 aliphatic rings. The minimum absolute atomic E-state index is 0.227. The summed E-state index contributed by atoms with van der Waals surface area (Å²) in [7, 11) is 0. The van der Waals surface area contributed by atoms with E-state index in [0.29, 0.717) is 13.0 Å². The Kier molecular flexibility index (Phi) is 3.50. The summed E-state index contributed by atoms with van der Waals surface area (Å²) in [5, 5.41) is 11.2. The topological polar surface area (TPSA) is 75.6 Å². The zero-order valence-corrected chi connectivity index (χ0v) is 7.90. The molecule has 0 unspecified atom stereocenters. The van der Waals surface area contributed by atoms with Crippen molar-refractivity contribution in [3.05, 3.63) is 12.2 Å². The first-order chi connectivity index (χ1) is 6.63. The summed E-state index contributed by atoms with van der Waals surface area (Å²) in [4.78, 5) is 21.5. The molecule has 2 atom stereocenters. The molecule has 0 aromatic heterocycles. The zero-order chi connectivity index (χ0) is 10.6. The minimum Gasteiger partial charge on any atom is -0.481 e. The molecule has 0 radical (unpaired) electrons. The third kappa shape index (κ3) is 2.76. The predicted octanol–water partition coefficient (Wildman–Crippen LogP) is 0.762. The summed E-state index contributed by atoms with van der Waals surface area (Å²) in [6, 6.07) is -0.227. The SMILES string of the molecule is CCOC(=O)N[C@H]1C=C[C@@H](C(=O)O)C1. The molecule has 0 aliphatic heterocycles. The van der Waals surface area contributed by atoms with Gasteiger partial charge in [-0.2, -0.15) is 0 Å². The molecule has 0 aromatic carbocycles. The Balaban J connectivity index is 2.33. The van der Waals surface area contributed by atoms with Gasteiger partial charge in [0, 0.05) is 0 Å². The molecule has 0 spiro atoms. The van der Waals surface area contributed by atoms with Crippen LogP contribution in [-0.4, -0.2) is 29.8 Å². The van der Waals surface area contributed by atoms with Crippen LogP contribution < -0.4 is 5.32 Å². The Morgan fingerprint density at radius 3 is 2.79 bits per heavy atom. The fraction of sp³-hybridized carbons (Fsp3) is 0.556. The van der Waals surface area contributed by atoms with Crippen LogP contribution in [0.1, 0.15) is 13.3 Å². The van der Waals surface area contributed by atoms with Gasteiger partial charge >= 0.3 is 12.1 Å². The summed E-state index contributed by atoms with van der Waals surface area (Å²) in [5.41, 5.74) is 0. The lowest BCUT2D eigenvalue weighted by atomic mass is 10.1. The van der Waals surface area contributed by atoms with E-state index in [1.807, 2.05) is 0 Å². The minimum atomic E-state index is -0.866. The summed E-state index contributed by atoms with van der Waals surface area (Å²) < 4.78 is 4.67. The van der Waals surface area contributed by atoms with Gasteiger partial charge in [0.1, 0.15) is 0 Å². The van der Waals surface area contributed by atoms with Gasteiger partial charge in [-0.05, 0) is 13.3 Å². The fourth-order valence-electron chi connectivity index (χ4n) is 1.31. The first kappa shape index (κ1) is 10.6. The Hall–Kier alpha value is -1.52. The normalized spacial score (nSPS) is 24.6. The summed E-state index contributed by atoms with van der Waals surface area (Å²) in [5.74, 6) is -1.36. The standard InChI is InChI=1S/C9H13NO4/c1-2-14-9(13)10-7-4-3-6(5-7)8(11)12/h3-4,6-7H,2,5H2,1H3,(H,10,13)(H,11,12)/t6-,7+/m1/s1. The zero-order valence-electron chi connectivity index (χ0n) is 7.90. The van der Waals surface area contributed by atoms with Gasteiger partial charge in [-0.1, -0.05) is 12.2 Å². The fourth-order valence-corrected chi connectivity index (χ4v) is 1.31. The van der Waals surface area contributed by atoms with E-state index in [1.54, 1.807) is 19.1 Å². The molecule has 0 bridgehead atoms. The number of alkyl carbamates (subject to hydrolysis) is 1. The van der Waals surface area contributed by atoms with Gasteiger partial charge in [-0.3, -0.25) is 4.79 Å². The van der Waals surface area contributed by atoms with E-state index in [4.69, 9.17) is 5.11 Å². The van der Waals surface area contributed by atoms with Crippen LogP contribution in [0.25, 0.3) is 0 Å². The Morgan fingerprint density at radius 2 is 2.29 bits per heavy atom. The number of nitrogens with one attached hydrogen (secondary N) is 1. The highest BCUT2D eigenvalue weighted by molar-refractivity contribution is 5.74. The number of carboxylic acids is 1. The largest absolute Gasteiger partial charge is 0.481 e. The van der Waals surface area contributed by atoms with Crippen molar-refractivity contribution in [2.75, 3.05) is 6.61 Å². The molecule has 0 saturated carbocycles. The van der Waals surface area contributed by atoms with Crippen LogP contribution in [0.5, 0.6) is 0 Å². The summed E-state index contributed by atoms with van der Waals surface area (Å²) >= 11 is 0. The molecule has 5 heteroatoms. The number of ether oxygens (including phenoxy) is 1. The molecular formula is C9H13NO4. The van der Waals surface area contributed by atoms with Gasteiger partial charge in [-0.15, -0.1) is 0 Å². The van der Waals surface area contributed by atoms with Gasteiger partial charge < -0.3 is 15.2 Å². The van der Waals surface area contributed by atoms with Gasteiger partial charge in [0.15, 0.2) is 0 Å². The maximum atomic E-state index is 11.0. The van der Waals surface area contributed by atoms with Crippen molar-refractivity contribution >= 4 is 12.1 Å². The molecule has 1 aliphatic carbocycles. The molecule has 0 fully saturated rings. The second-order valence-electron chi connectivity index (χ2n) is 3.04. The number of rotatable bonds is 3. The van der Waals surface area contributed by atoms with Crippen LogP contribution in [0.3, 0.4) is 0 Å². The molecule has 0 heterocycles. The van der Waals surface area contributed by atoms with Crippen molar-refractivity contribution in [1.82, 2.24) is 5.32 Å². The Morgan fingerprint density at radius 1 is 1.57 bits per heavy atom. The third-order valence-corrected chi connectivity index (χ3v) is 1.98. The Labute approximate surface area is 81.7 Å². The van der Waals surface area contributed by atoms with Crippen LogP contribution in [0.15, 0.2) is 12.2 Å². The monoisotopic (exact) mass is 199 g/mol. The molecule has 14 heavy (non-hydrogen) atoms. The first-order valence-corrected chi connectivity index (χ1v) is 4.48. The lowest BCUT2D eigenvalue weighted by molar-refractivity contribution is -0.140. The average Bonchev–Trinajstić information content (AvgIpc) is 2.53. The second kappa shape index (κ2) is 4.64. The lowest BCUT2D eigenvalue weighted by Gasteiger charge is -2.11. The lowest BCUT2D eigenvalue weighted by Crippen LogP contribution is -2.33. The highest BCUT2D eigenvalue weighted by atomic mass is 16.5. The van der Waals surface area contributed by atoms with Gasteiger partial charge in [0.2, 0.25) is 0 Å². The number of aliphatic carboxylic acids is 1. The predicted molar refractivity (Wildman–Crippen MR) is 48.8 cm³/mol. The van der Waals surface area contributed by atoms with Crippen LogP contribution in [0.2, 0.25) is 0 Å². The maximum absolute atomic E-state index is 11.0. The number of carboxylic acid groups (broad SMARTS) is 1. The van der Waals surface area contributed by atoms with Crippen molar-refractivity contribution in [2.45, 2.75) is 19.4 Å². The molecular weight excluding hydrogens is 186 g/mol. The smallest absolute Gasteiger partial charge is 0.407 e. The van der Waals surface area contributed by atoms with Crippen molar-refractivity contribution in [2.24, 2.45) is 5.92 Å². The molecule has 0 aromatic rings. The maximum Gasteiger partial charge on any atom is 0.407 e. The summed E-state index contributed by atoms with van der Waals surface area (Å²) in [6.45, 7) is 2.02. The Bertz CT molecular complexity index is 262. The molecule has 1 amide bonds. The van der Waals surface area contributed by atoms with Crippen molar-refractivity contribution < 1.29 is 19.4 Å². The van der Waals surface area contributed by atoms with E-state index < -0.39 is 18.0 Å². The number of amides is 1. The van der Waals surface area contributed by atoms with E-state index >= 15 is 0 Å². The van der Waals surface area contributed by atoms with Gasteiger partial charge in [0.25, 0.3) is 0 Å². The third-order valence-electron chi connectivity index (χ3n) is 1.98. The first-order valence-electron chi connectivity index (χ1n) is 4.48. The molecule has 2 N–H and O–H groups in total. The van der Waals surface area contributed by atoms with Crippen LogP contribution >= 0.6 is 0 Å². The number of hydrogen-bond donors (Lipinski definition) is 2. The number of carbonyl (C=O) groups is 2. The van der Waals surface area contributed by atoms with Crippen LogP contribution in [0.4, 0.5) is 4.79 Å². The molecule has 5 nitrogen and oxygen atoms in total.